The van der Waals surface area contributed by atoms with E-state index in [2.05, 4.69) is 54.6 Å². The molecule has 2 aromatic rings. The topological polar surface area (TPSA) is 0 Å². The molecule has 0 radical (unpaired) electrons. The van der Waals surface area contributed by atoms with E-state index >= 15 is 0 Å². The van der Waals surface area contributed by atoms with E-state index in [1.54, 1.807) is 0 Å². The van der Waals surface area contributed by atoms with Gasteiger partial charge in [0.05, 0.1) is 19.6 Å². The Morgan fingerprint density at radius 3 is 1.86 bits per heavy atom. The van der Waals surface area contributed by atoms with E-state index in [4.69, 9.17) is 0 Å². The highest BCUT2D eigenvalue weighted by atomic mass is 79.9. The van der Waals surface area contributed by atoms with E-state index in [1.165, 1.54) is 66.6 Å². The van der Waals surface area contributed by atoms with Gasteiger partial charge in [0.15, 0.2) is 0 Å². The summed E-state index contributed by atoms with van der Waals surface area (Å²) < 4.78 is 1.35. The molecule has 0 amide bonds. The maximum atomic E-state index is 2.34. The van der Waals surface area contributed by atoms with E-state index < -0.39 is 0 Å². The van der Waals surface area contributed by atoms with Crippen LogP contribution in [-0.4, -0.2) is 24.1 Å². The van der Waals surface area contributed by atoms with Crippen LogP contribution in [0.15, 0.2) is 54.6 Å². The molecule has 0 N–H and O–H groups in total. The molecular weight excluding hydrogens is 334 g/mol. The fourth-order valence-corrected chi connectivity index (χ4v) is 4.20. The Labute approximate surface area is 144 Å². The molecule has 0 unspecified atom stereocenters. The van der Waals surface area contributed by atoms with Crippen molar-refractivity contribution in [3.05, 3.63) is 60.2 Å². The second-order valence-corrected chi connectivity index (χ2v) is 6.97. The second kappa shape index (κ2) is 6.55. The molecule has 3 heterocycles. The molecule has 0 atom stereocenters. The number of rotatable bonds is 3. The molecule has 3 aliphatic heterocycles. The van der Waals surface area contributed by atoms with Gasteiger partial charge in [-0.1, -0.05) is 54.6 Å². The van der Waals surface area contributed by atoms with E-state index in [1.807, 2.05) is 0 Å². The summed E-state index contributed by atoms with van der Waals surface area (Å²) >= 11 is 0. The molecular formula is C20H24BrN. The summed E-state index contributed by atoms with van der Waals surface area (Å²) in [6.45, 7) is 5.46. The van der Waals surface area contributed by atoms with Crippen LogP contribution in [0, 0.1) is 5.92 Å². The smallest absolute Gasteiger partial charge is 0.104 e. The zero-order chi connectivity index (χ0) is 14.1. The van der Waals surface area contributed by atoms with E-state index in [9.17, 15) is 0 Å². The van der Waals surface area contributed by atoms with Crippen LogP contribution in [0.2, 0.25) is 0 Å². The minimum absolute atomic E-state index is 0. The summed E-state index contributed by atoms with van der Waals surface area (Å²) in [6.07, 6.45) is 4.38. The molecule has 3 saturated heterocycles. The minimum atomic E-state index is 0. The summed E-state index contributed by atoms with van der Waals surface area (Å²) in [4.78, 5) is 0. The van der Waals surface area contributed by atoms with Crippen molar-refractivity contribution in [2.75, 3.05) is 19.6 Å². The Bertz CT molecular complexity index is 584. The summed E-state index contributed by atoms with van der Waals surface area (Å²) in [5.41, 5.74) is 4.15. The standard InChI is InChI=1S/C20H24N.BrH/c1-2-4-19(5-3-1)20-8-6-18(7-9-20)16-21-13-10-17(11-14-21)12-15-21;/h1-9,17H,10-16H2;1H/q+1;/p-1. The number of fused-ring (bicyclic) bond motifs is 3. The van der Waals surface area contributed by atoms with Crippen LogP contribution in [0.25, 0.3) is 11.1 Å². The van der Waals surface area contributed by atoms with Crippen molar-refractivity contribution in [2.24, 2.45) is 5.92 Å². The Kier molecular flexibility index (Phi) is 4.70. The molecule has 3 aliphatic rings. The molecule has 2 heteroatoms. The highest BCUT2D eigenvalue weighted by molar-refractivity contribution is 5.63. The summed E-state index contributed by atoms with van der Waals surface area (Å²) in [6, 6.07) is 19.9. The average molecular weight is 358 g/mol. The number of hydrogen-bond donors (Lipinski definition) is 0. The maximum Gasteiger partial charge on any atom is 0.104 e. The quantitative estimate of drug-likeness (QED) is 0.730. The van der Waals surface area contributed by atoms with Crippen LogP contribution in [0.5, 0.6) is 0 Å². The van der Waals surface area contributed by atoms with Gasteiger partial charge in [-0.05, 0) is 36.3 Å². The fourth-order valence-electron chi connectivity index (χ4n) is 4.20. The predicted octanol–water partition coefficient (Wildman–Crippen LogP) is 1.49. The summed E-state index contributed by atoms with van der Waals surface area (Å²) in [5.74, 6) is 1.05. The zero-order valence-corrected chi connectivity index (χ0v) is 14.6. The molecule has 3 fully saturated rings. The predicted molar refractivity (Wildman–Crippen MR) is 87.8 cm³/mol. The molecule has 0 aromatic heterocycles. The van der Waals surface area contributed by atoms with Gasteiger partial charge in [0.2, 0.25) is 0 Å². The number of benzene rings is 2. The second-order valence-electron chi connectivity index (χ2n) is 6.97. The van der Waals surface area contributed by atoms with Crippen molar-refractivity contribution in [1.29, 1.82) is 0 Å². The van der Waals surface area contributed by atoms with Gasteiger partial charge in [-0.2, -0.15) is 0 Å². The SMILES string of the molecule is [Br-].c1ccc(-c2ccc(C[N+]34CCC(CC3)CC4)cc2)cc1. The van der Waals surface area contributed by atoms with Crippen LogP contribution >= 0.6 is 0 Å². The first-order valence-corrected chi connectivity index (χ1v) is 8.33. The third kappa shape index (κ3) is 3.13. The van der Waals surface area contributed by atoms with Crippen molar-refractivity contribution in [2.45, 2.75) is 25.8 Å². The largest absolute Gasteiger partial charge is 1.00 e. The number of hydrogen-bond acceptors (Lipinski definition) is 0. The van der Waals surface area contributed by atoms with Gasteiger partial charge in [-0.15, -0.1) is 0 Å². The van der Waals surface area contributed by atoms with Crippen LogP contribution < -0.4 is 17.0 Å². The van der Waals surface area contributed by atoms with Crippen LogP contribution in [0.4, 0.5) is 0 Å². The first-order valence-electron chi connectivity index (χ1n) is 8.33. The van der Waals surface area contributed by atoms with Crippen molar-refractivity contribution in [3.8, 4) is 11.1 Å². The van der Waals surface area contributed by atoms with Crippen molar-refractivity contribution >= 4 is 0 Å². The maximum absolute atomic E-state index is 2.34. The Balaban J connectivity index is 0.00000144. The molecule has 22 heavy (non-hydrogen) atoms. The zero-order valence-electron chi connectivity index (χ0n) is 13.0. The van der Waals surface area contributed by atoms with E-state index in [0.29, 0.717) is 0 Å². The molecule has 116 valence electrons. The molecule has 5 rings (SSSR count). The highest BCUT2D eigenvalue weighted by Gasteiger charge is 2.39. The Morgan fingerprint density at radius 1 is 0.727 bits per heavy atom. The van der Waals surface area contributed by atoms with Crippen molar-refractivity contribution < 1.29 is 21.5 Å². The molecule has 0 saturated carbocycles. The monoisotopic (exact) mass is 357 g/mol. The lowest BCUT2D eigenvalue weighted by Gasteiger charge is -2.49. The third-order valence-corrected chi connectivity index (χ3v) is 5.61. The number of piperidine rings is 3. The number of quaternary nitrogens is 1. The van der Waals surface area contributed by atoms with E-state index in [-0.39, 0.29) is 17.0 Å². The molecule has 2 aromatic carbocycles. The van der Waals surface area contributed by atoms with Gasteiger partial charge < -0.3 is 21.5 Å². The molecule has 2 bridgehead atoms. The van der Waals surface area contributed by atoms with E-state index in [0.717, 1.165) is 5.92 Å². The third-order valence-electron chi connectivity index (χ3n) is 5.61. The van der Waals surface area contributed by atoms with Gasteiger partial charge in [0, 0.05) is 5.56 Å². The lowest BCUT2D eigenvalue weighted by atomic mass is 9.85. The Hall–Kier alpha value is -1.12. The van der Waals surface area contributed by atoms with Crippen LogP contribution in [-0.2, 0) is 6.54 Å². The number of halogens is 1. The minimum Gasteiger partial charge on any atom is -1.00 e. The highest BCUT2D eigenvalue weighted by Crippen LogP contribution is 2.35. The average Bonchev–Trinajstić information content (AvgIpc) is 2.58. The van der Waals surface area contributed by atoms with Crippen LogP contribution in [0.3, 0.4) is 0 Å². The van der Waals surface area contributed by atoms with Gasteiger partial charge in [-0.25, -0.2) is 0 Å². The molecule has 0 aliphatic carbocycles. The first kappa shape index (κ1) is 15.8. The summed E-state index contributed by atoms with van der Waals surface area (Å²) in [5, 5.41) is 0. The fraction of sp³-hybridized carbons (Fsp3) is 0.400. The van der Waals surface area contributed by atoms with Crippen molar-refractivity contribution in [3.63, 3.8) is 0 Å². The lowest BCUT2D eigenvalue weighted by Crippen LogP contribution is -3.00. The summed E-state index contributed by atoms with van der Waals surface area (Å²) in [7, 11) is 0. The molecule has 1 nitrogen and oxygen atoms in total. The van der Waals surface area contributed by atoms with Gasteiger partial charge in [-0.3, -0.25) is 0 Å². The number of nitrogens with zero attached hydrogens (tertiary/aromatic N) is 1. The van der Waals surface area contributed by atoms with Gasteiger partial charge >= 0.3 is 0 Å². The lowest BCUT2D eigenvalue weighted by molar-refractivity contribution is -0.955. The first-order chi connectivity index (χ1) is 10.3. The Morgan fingerprint density at radius 2 is 1.27 bits per heavy atom. The van der Waals surface area contributed by atoms with Gasteiger partial charge in [0.25, 0.3) is 0 Å². The van der Waals surface area contributed by atoms with Gasteiger partial charge in [0.1, 0.15) is 6.54 Å². The molecule has 0 spiro atoms. The van der Waals surface area contributed by atoms with Crippen molar-refractivity contribution in [1.82, 2.24) is 0 Å². The van der Waals surface area contributed by atoms with Crippen LogP contribution in [0.1, 0.15) is 24.8 Å². The normalized spacial score (nSPS) is 26.5.